The highest BCUT2D eigenvalue weighted by atomic mass is 16.2. The Morgan fingerprint density at radius 1 is 1.17 bits per heavy atom. The third-order valence-electron chi connectivity index (χ3n) is 1.74. The summed E-state index contributed by atoms with van der Waals surface area (Å²) in [5, 5.41) is 11.8. The van der Waals surface area contributed by atoms with Crippen molar-refractivity contribution in [3.63, 3.8) is 0 Å². The smallest absolute Gasteiger partial charge is 0.0431 e. The van der Waals surface area contributed by atoms with Gasteiger partial charge in [-0.15, -0.1) is 0 Å². The normalized spacial score (nSPS) is 15.2. The maximum Gasteiger partial charge on any atom is 0.0431 e. The molecule has 0 spiro atoms. The molecule has 2 nitrogen and oxygen atoms in total. The molecule has 1 aliphatic heterocycles. The molecule has 0 fully saturated rings. The van der Waals surface area contributed by atoms with Gasteiger partial charge in [0.1, 0.15) is 0 Å². The first-order valence-corrected chi connectivity index (χ1v) is 4.33. The average Bonchev–Trinajstić information content (AvgIpc) is 2.33. The summed E-state index contributed by atoms with van der Waals surface area (Å²) in [6.45, 7) is 0.291. The van der Waals surface area contributed by atoms with Gasteiger partial charge in [-0.1, -0.05) is 12.2 Å². The molecule has 0 aromatic rings. The fourth-order valence-corrected chi connectivity index (χ4v) is 1.08. The van der Waals surface area contributed by atoms with Crippen molar-refractivity contribution in [3.05, 3.63) is 36.2 Å². The van der Waals surface area contributed by atoms with E-state index >= 15 is 0 Å². The van der Waals surface area contributed by atoms with E-state index in [0.717, 1.165) is 19.3 Å². The van der Waals surface area contributed by atoms with Crippen molar-refractivity contribution in [2.45, 2.75) is 19.3 Å². The van der Waals surface area contributed by atoms with Gasteiger partial charge in [-0.2, -0.15) is 0 Å². The van der Waals surface area contributed by atoms with Gasteiger partial charge in [0, 0.05) is 18.5 Å². The molecular weight excluding hydrogens is 150 g/mol. The van der Waals surface area contributed by atoms with Gasteiger partial charge in [0.15, 0.2) is 0 Å². The van der Waals surface area contributed by atoms with E-state index in [0.29, 0.717) is 6.61 Å². The first kappa shape index (κ1) is 9.07. The Balaban J connectivity index is 2.26. The summed E-state index contributed by atoms with van der Waals surface area (Å²) in [6, 6.07) is 0. The highest BCUT2D eigenvalue weighted by Gasteiger charge is 1.94. The zero-order valence-corrected chi connectivity index (χ0v) is 7.16. The van der Waals surface area contributed by atoms with Gasteiger partial charge in [-0.05, 0) is 31.4 Å². The van der Waals surface area contributed by atoms with Gasteiger partial charge in [0.2, 0.25) is 0 Å². The number of hydrogen-bond donors (Lipinski definition) is 2. The third-order valence-corrected chi connectivity index (χ3v) is 1.74. The standard InChI is InChI=1S/C10H15NO/c12-9-5-3-7-10-6-2-1-4-8-11-10/h1-2,4,6,8,11-12H,3,5,7,9H2. The number of nitrogens with one attached hydrogen (secondary N) is 1. The third kappa shape index (κ3) is 3.39. The summed E-state index contributed by atoms with van der Waals surface area (Å²) in [4.78, 5) is 0. The van der Waals surface area contributed by atoms with E-state index in [1.807, 2.05) is 24.4 Å². The molecule has 0 atom stereocenters. The summed E-state index contributed by atoms with van der Waals surface area (Å²) in [5.41, 5.74) is 1.22. The largest absolute Gasteiger partial charge is 0.396 e. The summed E-state index contributed by atoms with van der Waals surface area (Å²) in [7, 11) is 0. The van der Waals surface area contributed by atoms with E-state index in [2.05, 4.69) is 11.4 Å². The Bertz CT molecular complexity index is 204. The Morgan fingerprint density at radius 2 is 2.08 bits per heavy atom. The fraction of sp³-hybridized carbons (Fsp3) is 0.400. The molecule has 2 N–H and O–H groups in total. The maximum absolute atomic E-state index is 8.58. The summed E-state index contributed by atoms with van der Waals surface area (Å²) in [6.07, 6.45) is 12.9. The maximum atomic E-state index is 8.58. The zero-order chi connectivity index (χ0) is 8.65. The molecule has 0 aromatic heterocycles. The SMILES string of the molecule is OCCCCC1=CC=CC=CN1. The zero-order valence-electron chi connectivity index (χ0n) is 7.16. The van der Waals surface area contributed by atoms with Crippen LogP contribution in [0.2, 0.25) is 0 Å². The van der Waals surface area contributed by atoms with Crippen LogP contribution in [-0.2, 0) is 0 Å². The number of rotatable bonds is 4. The molecule has 66 valence electrons. The lowest BCUT2D eigenvalue weighted by molar-refractivity contribution is 0.284. The van der Waals surface area contributed by atoms with Crippen molar-refractivity contribution >= 4 is 0 Å². The predicted molar refractivity (Wildman–Crippen MR) is 50.4 cm³/mol. The number of aliphatic hydroxyl groups excluding tert-OH is 1. The molecule has 2 heteroatoms. The Labute approximate surface area is 73.3 Å². The van der Waals surface area contributed by atoms with Crippen LogP contribution in [0.15, 0.2) is 36.2 Å². The molecule has 0 radical (unpaired) electrons. The van der Waals surface area contributed by atoms with E-state index in [9.17, 15) is 0 Å². The molecule has 1 aliphatic rings. The summed E-state index contributed by atoms with van der Waals surface area (Å²) >= 11 is 0. The van der Waals surface area contributed by atoms with Gasteiger partial charge in [0.05, 0.1) is 0 Å². The molecular formula is C10H15NO. The number of allylic oxidation sites excluding steroid dienone is 5. The molecule has 0 unspecified atom stereocenters. The fourth-order valence-electron chi connectivity index (χ4n) is 1.08. The summed E-state index contributed by atoms with van der Waals surface area (Å²) in [5.74, 6) is 0. The number of hydrogen-bond acceptors (Lipinski definition) is 2. The Kier molecular flexibility index (Phi) is 4.24. The van der Waals surface area contributed by atoms with Crippen molar-refractivity contribution < 1.29 is 5.11 Å². The van der Waals surface area contributed by atoms with Crippen LogP contribution in [-0.4, -0.2) is 11.7 Å². The van der Waals surface area contributed by atoms with Crippen LogP contribution in [0, 0.1) is 0 Å². The lowest BCUT2D eigenvalue weighted by atomic mass is 10.2. The van der Waals surface area contributed by atoms with E-state index in [1.165, 1.54) is 5.70 Å². The molecule has 1 heterocycles. The second-order valence-corrected chi connectivity index (χ2v) is 2.76. The Hall–Kier alpha value is -1.02. The Morgan fingerprint density at radius 3 is 2.92 bits per heavy atom. The molecule has 0 bridgehead atoms. The topological polar surface area (TPSA) is 32.3 Å². The van der Waals surface area contributed by atoms with E-state index in [-0.39, 0.29) is 0 Å². The molecule has 0 aromatic carbocycles. The van der Waals surface area contributed by atoms with E-state index < -0.39 is 0 Å². The van der Waals surface area contributed by atoms with Gasteiger partial charge in [-0.3, -0.25) is 0 Å². The minimum Gasteiger partial charge on any atom is -0.396 e. The van der Waals surface area contributed by atoms with Crippen molar-refractivity contribution in [1.82, 2.24) is 5.32 Å². The lowest BCUT2D eigenvalue weighted by Gasteiger charge is -2.04. The molecule has 1 rings (SSSR count). The molecule has 0 amide bonds. The van der Waals surface area contributed by atoms with Crippen molar-refractivity contribution in [2.24, 2.45) is 0 Å². The first-order chi connectivity index (χ1) is 5.93. The van der Waals surface area contributed by atoms with Gasteiger partial charge >= 0.3 is 0 Å². The van der Waals surface area contributed by atoms with E-state index in [1.54, 1.807) is 0 Å². The van der Waals surface area contributed by atoms with Crippen molar-refractivity contribution in [1.29, 1.82) is 0 Å². The molecule has 12 heavy (non-hydrogen) atoms. The molecule has 0 aliphatic carbocycles. The van der Waals surface area contributed by atoms with Gasteiger partial charge < -0.3 is 10.4 Å². The lowest BCUT2D eigenvalue weighted by Crippen LogP contribution is -2.03. The van der Waals surface area contributed by atoms with Gasteiger partial charge in [0.25, 0.3) is 0 Å². The minimum absolute atomic E-state index is 0.291. The van der Waals surface area contributed by atoms with Crippen LogP contribution >= 0.6 is 0 Å². The first-order valence-electron chi connectivity index (χ1n) is 4.33. The second kappa shape index (κ2) is 5.61. The average molecular weight is 165 g/mol. The number of aliphatic hydroxyl groups is 1. The second-order valence-electron chi connectivity index (χ2n) is 2.76. The van der Waals surface area contributed by atoms with Crippen LogP contribution < -0.4 is 5.32 Å². The predicted octanol–water partition coefficient (Wildman–Crippen LogP) is 1.71. The quantitative estimate of drug-likeness (QED) is 0.621. The van der Waals surface area contributed by atoms with Crippen molar-refractivity contribution in [3.8, 4) is 0 Å². The van der Waals surface area contributed by atoms with Crippen LogP contribution in [0.5, 0.6) is 0 Å². The van der Waals surface area contributed by atoms with Crippen LogP contribution in [0.25, 0.3) is 0 Å². The van der Waals surface area contributed by atoms with Crippen LogP contribution in [0.3, 0.4) is 0 Å². The van der Waals surface area contributed by atoms with Crippen LogP contribution in [0.4, 0.5) is 0 Å². The van der Waals surface area contributed by atoms with Crippen LogP contribution in [0.1, 0.15) is 19.3 Å². The highest BCUT2D eigenvalue weighted by molar-refractivity contribution is 5.20. The molecule has 0 saturated heterocycles. The van der Waals surface area contributed by atoms with Crippen molar-refractivity contribution in [2.75, 3.05) is 6.61 Å². The summed E-state index contributed by atoms with van der Waals surface area (Å²) < 4.78 is 0. The minimum atomic E-state index is 0.291. The molecule has 0 saturated carbocycles. The highest BCUT2D eigenvalue weighted by Crippen LogP contribution is 2.05. The van der Waals surface area contributed by atoms with E-state index in [4.69, 9.17) is 5.11 Å². The monoisotopic (exact) mass is 165 g/mol. The number of unbranched alkanes of at least 4 members (excludes halogenated alkanes) is 1. The van der Waals surface area contributed by atoms with Gasteiger partial charge in [-0.25, -0.2) is 0 Å².